The van der Waals surface area contributed by atoms with Gasteiger partial charge in [0.15, 0.2) is 0 Å². The third-order valence-electron chi connectivity index (χ3n) is 2.75. The van der Waals surface area contributed by atoms with Crippen LogP contribution in [0.4, 0.5) is 13.2 Å². The standard InChI is InChI=1S/C13H14F3O2/c1-10(3-2-8-18-9-17)11-4-6-12(7-5-11)13(14,15)16/h4-7,10H,2-3,8H2,1H3. The van der Waals surface area contributed by atoms with Gasteiger partial charge in [-0.1, -0.05) is 19.1 Å². The van der Waals surface area contributed by atoms with Crippen LogP contribution in [0.25, 0.3) is 0 Å². The first-order chi connectivity index (χ1) is 8.45. The number of hydrogen-bond donors (Lipinski definition) is 0. The molecular formula is C13H14F3O2. The van der Waals surface area contributed by atoms with Crippen molar-refractivity contribution in [3.63, 3.8) is 0 Å². The monoisotopic (exact) mass is 259 g/mol. The van der Waals surface area contributed by atoms with Crippen LogP contribution in [0.3, 0.4) is 0 Å². The minimum absolute atomic E-state index is 0.127. The molecule has 0 spiro atoms. The van der Waals surface area contributed by atoms with E-state index in [-0.39, 0.29) is 12.5 Å². The summed E-state index contributed by atoms with van der Waals surface area (Å²) in [5.41, 5.74) is 0.204. The predicted octanol–water partition coefficient (Wildman–Crippen LogP) is 3.67. The molecule has 2 nitrogen and oxygen atoms in total. The lowest BCUT2D eigenvalue weighted by atomic mass is 9.95. The predicted molar refractivity (Wildman–Crippen MR) is 60.7 cm³/mol. The Labute approximate surface area is 104 Å². The summed E-state index contributed by atoms with van der Waals surface area (Å²) in [7, 11) is 0. The number of ether oxygens (including phenoxy) is 1. The second kappa shape index (κ2) is 6.42. The highest BCUT2D eigenvalue weighted by molar-refractivity contribution is 5.38. The minimum Gasteiger partial charge on any atom is -0.457 e. The lowest BCUT2D eigenvalue weighted by Crippen LogP contribution is -2.05. The fourth-order valence-corrected chi connectivity index (χ4v) is 1.67. The average molecular weight is 259 g/mol. The van der Waals surface area contributed by atoms with Gasteiger partial charge in [0.2, 0.25) is 0 Å². The highest BCUT2D eigenvalue weighted by Gasteiger charge is 2.30. The van der Waals surface area contributed by atoms with Gasteiger partial charge in [0.1, 0.15) is 0 Å². The van der Waals surface area contributed by atoms with Gasteiger partial charge >= 0.3 is 12.6 Å². The summed E-state index contributed by atoms with van der Waals surface area (Å²) in [5, 5.41) is 0. The summed E-state index contributed by atoms with van der Waals surface area (Å²) in [6.07, 6.45) is -2.89. The topological polar surface area (TPSA) is 26.3 Å². The van der Waals surface area contributed by atoms with Crippen LogP contribution in [0.15, 0.2) is 24.3 Å². The molecule has 0 fully saturated rings. The van der Waals surface area contributed by atoms with E-state index in [2.05, 4.69) is 4.74 Å². The molecular weight excluding hydrogens is 245 g/mol. The number of hydrogen-bond acceptors (Lipinski definition) is 2. The maximum absolute atomic E-state index is 12.4. The minimum atomic E-state index is -4.30. The van der Waals surface area contributed by atoms with Crippen LogP contribution in [0.1, 0.15) is 36.8 Å². The number of benzene rings is 1. The first-order valence-electron chi connectivity index (χ1n) is 5.61. The Hall–Kier alpha value is -1.52. The van der Waals surface area contributed by atoms with E-state index in [4.69, 9.17) is 0 Å². The molecule has 0 aliphatic rings. The molecule has 99 valence electrons. The molecule has 1 aromatic rings. The second-order valence-corrected chi connectivity index (χ2v) is 4.09. The van der Waals surface area contributed by atoms with E-state index < -0.39 is 11.7 Å². The molecule has 5 heteroatoms. The zero-order chi connectivity index (χ0) is 13.6. The van der Waals surface area contributed by atoms with Gasteiger partial charge in [-0.05, 0) is 36.5 Å². The molecule has 0 heterocycles. The molecule has 1 atom stereocenters. The fraction of sp³-hybridized carbons (Fsp3) is 0.462. The van der Waals surface area contributed by atoms with Crippen molar-refractivity contribution < 1.29 is 22.7 Å². The van der Waals surface area contributed by atoms with Gasteiger partial charge in [-0.25, -0.2) is 4.79 Å². The Morgan fingerprint density at radius 2 is 1.89 bits per heavy atom. The van der Waals surface area contributed by atoms with Gasteiger partial charge in [-0.3, -0.25) is 0 Å². The van der Waals surface area contributed by atoms with Crippen molar-refractivity contribution in [1.82, 2.24) is 0 Å². The molecule has 1 rings (SSSR count). The van der Waals surface area contributed by atoms with Gasteiger partial charge in [0.25, 0.3) is 0 Å². The lowest BCUT2D eigenvalue weighted by Gasteiger charge is -2.13. The van der Waals surface area contributed by atoms with Gasteiger partial charge in [0.05, 0.1) is 12.2 Å². The molecule has 0 aliphatic heterocycles. The van der Waals surface area contributed by atoms with E-state index in [1.165, 1.54) is 18.6 Å². The zero-order valence-electron chi connectivity index (χ0n) is 9.96. The molecule has 0 saturated carbocycles. The summed E-state index contributed by atoms with van der Waals surface area (Å²) >= 11 is 0. The third-order valence-corrected chi connectivity index (χ3v) is 2.75. The summed E-state index contributed by atoms with van der Waals surface area (Å²) in [5.74, 6) is 0.127. The smallest absolute Gasteiger partial charge is 0.417 e. The van der Waals surface area contributed by atoms with Crippen LogP contribution >= 0.6 is 0 Å². The SMILES string of the molecule is CC(CCCO[C]=O)c1ccc(C(F)(F)F)cc1. The molecule has 0 aliphatic carbocycles. The lowest BCUT2D eigenvalue weighted by molar-refractivity contribution is -0.137. The van der Waals surface area contributed by atoms with Crippen LogP contribution in [0.2, 0.25) is 0 Å². The van der Waals surface area contributed by atoms with Crippen LogP contribution in [0, 0.1) is 0 Å². The molecule has 0 aromatic heterocycles. The quantitative estimate of drug-likeness (QED) is 0.728. The Morgan fingerprint density at radius 1 is 1.28 bits per heavy atom. The molecule has 0 N–H and O–H groups in total. The van der Waals surface area contributed by atoms with Crippen LogP contribution in [-0.2, 0) is 15.7 Å². The van der Waals surface area contributed by atoms with E-state index in [0.717, 1.165) is 24.1 Å². The summed E-state index contributed by atoms with van der Waals surface area (Å²) in [6.45, 7) is 3.54. The Morgan fingerprint density at radius 3 is 2.39 bits per heavy atom. The maximum atomic E-state index is 12.4. The first kappa shape index (κ1) is 14.5. The molecule has 1 radical (unpaired) electrons. The zero-order valence-corrected chi connectivity index (χ0v) is 9.96. The highest BCUT2D eigenvalue weighted by Crippen LogP contribution is 2.30. The Bertz CT molecular complexity index is 371. The molecule has 18 heavy (non-hydrogen) atoms. The summed E-state index contributed by atoms with van der Waals surface area (Å²) in [4.78, 5) is 9.80. The number of halogens is 3. The normalized spacial score (nSPS) is 13.1. The van der Waals surface area contributed by atoms with Crippen LogP contribution in [-0.4, -0.2) is 13.1 Å². The Balaban J connectivity index is 2.54. The number of alkyl halides is 3. The van der Waals surface area contributed by atoms with Crippen molar-refractivity contribution in [3.05, 3.63) is 35.4 Å². The molecule has 1 unspecified atom stereocenters. The highest BCUT2D eigenvalue weighted by atomic mass is 19.4. The van der Waals surface area contributed by atoms with Gasteiger partial charge in [-0.15, -0.1) is 0 Å². The number of rotatable bonds is 6. The molecule has 0 amide bonds. The first-order valence-corrected chi connectivity index (χ1v) is 5.61. The second-order valence-electron chi connectivity index (χ2n) is 4.09. The van der Waals surface area contributed by atoms with E-state index >= 15 is 0 Å². The Kier molecular flexibility index (Phi) is 5.19. The van der Waals surface area contributed by atoms with E-state index in [9.17, 15) is 18.0 Å². The molecule has 0 bridgehead atoms. The average Bonchev–Trinajstić information content (AvgIpc) is 2.33. The van der Waals surface area contributed by atoms with Gasteiger partial charge < -0.3 is 4.74 Å². The summed E-state index contributed by atoms with van der Waals surface area (Å²) < 4.78 is 41.5. The van der Waals surface area contributed by atoms with Crippen molar-refractivity contribution in [2.75, 3.05) is 6.61 Å². The van der Waals surface area contributed by atoms with Crippen LogP contribution < -0.4 is 0 Å². The van der Waals surface area contributed by atoms with Crippen LogP contribution in [0.5, 0.6) is 0 Å². The van der Waals surface area contributed by atoms with E-state index in [1.807, 2.05) is 6.92 Å². The third kappa shape index (κ3) is 4.39. The van der Waals surface area contributed by atoms with E-state index in [1.54, 1.807) is 0 Å². The maximum Gasteiger partial charge on any atom is 0.417 e. The van der Waals surface area contributed by atoms with Crippen molar-refractivity contribution in [1.29, 1.82) is 0 Å². The van der Waals surface area contributed by atoms with Crippen molar-refractivity contribution in [2.45, 2.75) is 31.9 Å². The molecule has 1 aromatic carbocycles. The van der Waals surface area contributed by atoms with E-state index in [0.29, 0.717) is 6.42 Å². The van der Waals surface area contributed by atoms with Gasteiger partial charge in [0, 0.05) is 0 Å². The van der Waals surface area contributed by atoms with Gasteiger partial charge in [-0.2, -0.15) is 13.2 Å². The van der Waals surface area contributed by atoms with Crippen molar-refractivity contribution >= 4 is 6.47 Å². The summed E-state index contributed by atoms with van der Waals surface area (Å²) in [6, 6.07) is 5.14. The van der Waals surface area contributed by atoms with Crippen molar-refractivity contribution in [2.24, 2.45) is 0 Å². The number of carbonyl (C=O) groups excluding carboxylic acids is 1. The fourth-order valence-electron chi connectivity index (χ4n) is 1.67. The van der Waals surface area contributed by atoms with Crippen molar-refractivity contribution in [3.8, 4) is 0 Å². The largest absolute Gasteiger partial charge is 0.457 e. The molecule has 0 saturated heterocycles.